The number of piperidine rings is 1. The van der Waals surface area contributed by atoms with E-state index in [1.54, 1.807) is 0 Å². The highest BCUT2D eigenvalue weighted by atomic mass is 32.1. The fourth-order valence-electron chi connectivity index (χ4n) is 2.13. The average Bonchev–Trinajstić information content (AvgIpc) is 2.74. The zero-order valence-electron chi connectivity index (χ0n) is 11.4. The molecule has 1 amide bonds. The molecule has 0 saturated carbocycles. The summed E-state index contributed by atoms with van der Waals surface area (Å²) >= 11 is 1.31. The van der Waals surface area contributed by atoms with Crippen LogP contribution in [0.2, 0.25) is 0 Å². The van der Waals surface area contributed by atoms with Crippen molar-refractivity contribution >= 4 is 28.2 Å². The van der Waals surface area contributed by atoms with E-state index in [-0.39, 0.29) is 11.9 Å². The fourth-order valence-corrected chi connectivity index (χ4v) is 2.98. The second kappa shape index (κ2) is 6.21. The van der Waals surface area contributed by atoms with Gasteiger partial charge in [0.25, 0.3) is 5.91 Å². The average molecular weight is 283 g/mol. The summed E-state index contributed by atoms with van der Waals surface area (Å²) in [7, 11) is 2.10. The molecule has 2 rings (SSSR count). The Morgan fingerprint density at radius 2 is 2.21 bits per heavy atom. The van der Waals surface area contributed by atoms with Crippen molar-refractivity contribution in [3.8, 4) is 0 Å². The molecule has 0 radical (unpaired) electrons. The van der Waals surface area contributed by atoms with Crippen LogP contribution in [0.4, 0.5) is 10.9 Å². The highest BCUT2D eigenvalue weighted by Crippen LogP contribution is 2.25. The molecule has 4 N–H and O–H groups in total. The molecule has 1 aromatic heterocycles. The van der Waals surface area contributed by atoms with E-state index in [9.17, 15) is 4.79 Å². The summed E-state index contributed by atoms with van der Waals surface area (Å²) in [4.78, 5) is 19.1. The lowest BCUT2D eigenvalue weighted by Crippen LogP contribution is -2.43. The molecule has 2 heterocycles. The first-order valence-corrected chi connectivity index (χ1v) is 7.41. The molecule has 6 nitrogen and oxygen atoms in total. The Morgan fingerprint density at radius 1 is 1.53 bits per heavy atom. The van der Waals surface area contributed by atoms with Crippen molar-refractivity contribution in [3.05, 3.63) is 4.88 Å². The van der Waals surface area contributed by atoms with Crippen molar-refractivity contribution in [2.75, 3.05) is 37.7 Å². The van der Waals surface area contributed by atoms with Crippen LogP contribution in [0, 0.1) is 0 Å². The number of nitrogens with one attached hydrogen (secondary N) is 2. The Balaban J connectivity index is 1.95. The minimum atomic E-state index is -0.103. The van der Waals surface area contributed by atoms with Gasteiger partial charge in [0.15, 0.2) is 5.13 Å². The Hall–Kier alpha value is -1.34. The number of carbonyl (C=O) groups excluding carboxylic acids is 1. The summed E-state index contributed by atoms with van der Waals surface area (Å²) in [5, 5.41) is 6.83. The van der Waals surface area contributed by atoms with Gasteiger partial charge >= 0.3 is 0 Å². The maximum Gasteiger partial charge on any atom is 0.265 e. The zero-order valence-corrected chi connectivity index (χ0v) is 12.2. The molecule has 1 aliphatic rings. The Bertz CT molecular complexity index is 439. The van der Waals surface area contributed by atoms with Gasteiger partial charge in [-0.05, 0) is 39.9 Å². The Morgan fingerprint density at radius 3 is 2.84 bits per heavy atom. The van der Waals surface area contributed by atoms with Crippen LogP contribution in [0.5, 0.6) is 0 Å². The van der Waals surface area contributed by atoms with Gasteiger partial charge in [0.05, 0.1) is 0 Å². The molecular weight excluding hydrogens is 262 g/mol. The molecular formula is C12H21N5OS. The highest BCUT2D eigenvalue weighted by Gasteiger charge is 2.22. The topological polar surface area (TPSA) is 83.3 Å². The summed E-state index contributed by atoms with van der Waals surface area (Å²) in [6.07, 6.45) is 1.97. The maximum atomic E-state index is 12.2. The van der Waals surface area contributed by atoms with Crippen LogP contribution in [-0.4, -0.2) is 48.5 Å². The van der Waals surface area contributed by atoms with Crippen LogP contribution in [0.3, 0.4) is 0 Å². The lowest BCUT2D eigenvalue weighted by Gasteiger charge is -2.29. The number of hydrogen-bond acceptors (Lipinski definition) is 6. The van der Waals surface area contributed by atoms with Crippen molar-refractivity contribution < 1.29 is 4.79 Å². The number of rotatable bonds is 4. The molecule has 106 valence electrons. The molecule has 19 heavy (non-hydrogen) atoms. The summed E-state index contributed by atoms with van der Waals surface area (Å²) in [5.41, 5.74) is 5.79. The van der Waals surface area contributed by atoms with Gasteiger partial charge in [-0.15, -0.1) is 0 Å². The van der Waals surface area contributed by atoms with Gasteiger partial charge in [-0.2, -0.15) is 0 Å². The number of thiazole rings is 1. The number of nitrogens with zero attached hydrogens (tertiary/aromatic N) is 2. The van der Waals surface area contributed by atoms with E-state index in [0.29, 0.717) is 15.8 Å². The molecule has 1 aliphatic heterocycles. The molecule has 1 saturated heterocycles. The molecule has 0 unspecified atom stereocenters. The van der Waals surface area contributed by atoms with Crippen LogP contribution in [0.25, 0.3) is 0 Å². The SMILES string of the molecule is CCNc1nc(N)c(C(=O)NC2CCN(C)CC2)s1. The number of amides is 1. The van der Waals surface area contributed by atoms with Crippen molar-refractivity contribution in [1.82, 2.24) is 15.2 Å². The van der Waals surface area contributed by atoms with E-state index < -0.39 is 0 Å². The van der Waals surface area contributed by atoms with Gasteiger partial charge in [-0.25, -0.2) is 4.98 Å². The third-order valence-electron chi connectivity index (χ3n) is 3.24. The quantitative estimate of drug-likeness (QED) is 0.767. The van der Waals surface area contributed by atoms with Crippen LogP contribution in [0.1, 0.15) is 29.4 Å². The molecule has 1 aromatic rings. The molecule has 0 bridgehead atoms. The molecule has 0 atom stereocenters. The summed E-state index contributed by atoms with van der Waals surface area (Å²) in [5.74, 6) is 0.208. The monoisotopic (exact) mass is 283 g/mol. The highest BCUT2D eigenvalue weighted by molar-refractivity contribution is 7.18. The third-order valence-corrected chi connectivity index (χ3v) is 4.27. The van der Waals surface area contributed by atoms with E-state index in [2.05, 4.69) is 27.6 Å². The van der Waals surface area contributed by atoms with Crippen LogP contribution in [-0.2, 0) is 0 Å². The number of likely N-dealkylation sites (tertiary alicyclic amines) is 1. The number of nitrogen functional groups attached to an aromatic ring is 1. The first-order valence-electron chi connectivity index (χ1n) is 6.59. The van der Waals surface area contributed by atoms with E-state index in [1.807, 2.05) is 6.92 Å². The number of anilines is 2. The van der Waals surface area contributed by atoms with Gasteiger partial charge in [0, 0.05) is 12.6 Å². The summed E-state index contributed by atoms with van der Waals surface area (Å²) in [6.45, 7) is 4.79. The van der Waals surface area contributed by atoms with Crippen molar-refractivity contribution in [1.29, 1.82) is 0 Å². The van der Waals surface area contributed by atoms with Crippen molar-refractivity contribution in [2.24, 2.45) is 0 Å². The Labute approximate surface area is 117 Å². The minimum absolute atomic E-state index is 0.103. The summed E-state index contributed by atoms with van der Waals surface area (Å²) < 4.78 is 0. The van der Waals surface area contributed by atoms with E-state index in [1.165, 1.54) is 11.3 Å². The molecule has 0 spiro atoms. The zero-order chi connectivity index (χ0) is 13.8. The van der Waals surface area contributed by atoms with E-state index in [0.717, 1.165) is 32.5 Å². The number of carbonyl (C=O) groups is 1. The standard InChI is InChI=1S/C12H21N5OS/c1-3-14-12-16-10(13)9(19-12)11(18)15-8-4-6-17(2)7-5-8/h8H,3-7,13H2,1-2H3,(H,14,16)(H,15,18). The van der Waals surface area contributed by atoms with Crippen LogP contribution < -0.4 is 16.4 Å². The van der Waals surface area contributed by atoms with Gasteiger partial charge < -0.3 is 21.3 Å². The predicted molar refractivity (Wildman–Crippen MR) is 78.7 cm³/mol. The third kappa shape index (κ3) is 3.57. The number of nitrogens with two attached hydrogens (primary N) is 1. The first-order chi connectivity index (χ1) is 9.10. The second-order valence-electron chi connectivity index (χ2n) is 4.81. The largest absolute Gasteiger partial charge is 0.382 e. The van der Waals surface area contributed by atoms with Gasteiger partial charge in [0.2, 0.25) is 0 Å². The molecule has 1 fully saturated rings. The lowest BCUT2D eigenvalue weighted by atomic mass is 10.1. The van der Waals surface area contributed by atoms with E-state index >= 15 is 0 Å². The van der Waals surface area contributed by atoms with Crippen molar-refractivity contribution in [2.45, 2.75) is 25.8 Å². The Kier molecular flexibility index (Phi) is 4.60. The second-order valence-corrected chi connectivity index (χ2v) is 5.81. The minimum Gasteiger partial charge on any atom is -0.382 e. The summed E-state index contributed by atoms with van der Waals surface area (Å²) in [6, 6.07) is 0.243. The molecule has 7 heteroatoms. The molecule has 0 aliphatic carbocycles. The maximum absolute atomic E-state index is 12.2. The van der Waals surface area contributed by atoms with Crippen LogP contribution in [0.15, 0.2) is 0 Å². The van der Waals surface area contributed by atoms with Gasteiger partial charge in [-0.3, -0.25) is 4.79 Å². The predicted octanol–water partition coefficient (Wildman–Crippen LogP) is 0.981. The molecule has 0 aromatic carbocycles. The number of hydrogen-bond donors (Lipinski definition) is 3. The first kappa shape index (κ1) is 14.1. The number of aromatic nitrogens is 1. The smallest absolute Gasteiger partial charge is 0.265 e. The normalized spacial score (nSPS) is 17.4. The lowest BCUT2D eigenvalue weighted by molar-refractivity contribution is 0.0921. The van der Waals surface area contributed by atoms with Gasteiger partial charge in [0.1, 0.15) is 10.7 Å². The van der Waals surface area contributed by atoms with E-state index in [4.69, 9.17) is 5.73 Å². The fraction of sp³-hybridized carbons (Fsp3) is 0.667. The van der Waals surface area contributed by atoms with Crippen LogP contribution >= 0.6 is 11.3 Å². The van der Waals surface area contributed by atoms with Crippen molar-refractivity contribution in [3.63, 3.8) is 0 Å². The van der Waals surface area contributed by atoms with Gasteiger partial charge in [-0.1, -0.05) is 11.3 Å².